The van der Waals surface area contributed by atoms with Crippen LogP contribution in [0.15, 0.2) is 48.8 Å². The second-order valence-corrected chi connectivity index (χ2v) is 7.71. The molecule has 0 aliphatic carbocycles. The molecule has 1 aliphatic rings. The molecule has 1 N–H and O–H groups in total. The number of benzene rings is 1. The molecule has 1 aromatic heterocycles. The second-order valence-electron chi connectivity index (χ2n) is 6.61. The fraction of sp³-hybridized carbons (Fsp3) is 0.429. The minimum atomic E-state index is -0.302. The van der Waals surface area contributed by atoms with Gasteiger partial charge >= 0.3 is 0 Å². The Labute approximate surface area is 165 Å². The topological polar surface area (TPSA) is 54.5 Å². The summed E-state index contributed by atoms with van der Waals surface area (Å²) in [7, 11) is 0. The predicted molar refractivity (Wildman–Crippen MR) is 110 cm³/mol. The largest absolute Gasteiger partial charge is 0.379 e. The summed E-state index contributed by atoms with van der Waals surface area (Å²) in [6.45, 7) is 5.64. The molecule has 1 amide bonds. The van der Waals surface area contributed by atoms with E-state index in [0.717, 1.165) is 30.2 Å². The van der Waals surface area contributed by atoms with E-state index in [-0.39, 0.29) is 11.9 Å². The van der Waals surface area contributed by atoms with Crippen LogP contribution >= 0.6 is 11.8 Å². The fourth-order valence-corrected chi connectivity index (χ4v) is 4.13. The molecule has 1 aromatic carbocycles. The van der Waals surface area contributed by atoms with Crippen LogP contribution in [0.3, 0.4) is 0 Å². The van der Waals surface area contributed by atoms with Crippen molar-refractivity contribution < 1.29 is 9.53 Å². The summed E-state index contributed by atoms with van der Waals surface area (Å²) in [4.78, 5) is 19.3. The first-order valence-corrected chi connectivity index (χ1v) is 10.5. The Morgan fingerprint density at radius 2 is 2.07 bits per heavy atom. The zero-order valence-electron chi connectivity index (χ0n) is 15.8. The summed E-state index contributed by atoms with van der Waals surface area (Å²) in [5, 5.41) is 3.11. The first-order valence-electron chi connectivity index (χ1n) is 9.37. The van der Waals surface area contributed by atoms with Gasteiger partial charge in [0.25, 0.3) is 0 Å². The van der Waals surface area contributed by atoms with Crippen LogP contribution in [0.25, 0.3) is 0 Å². The molecule has 2 heterocycles. The Balaban J connectivity index is 1.51. The molecule has 0 bridgehead atoms. The van der Waals surface area contributed by atoms with Crippen LogP contribution in [0, 0.1) is 6.92 Å². The molecule has 1 atom stereocenters. The number of pyridine rings is 1. The predicted octanol–water partition coefficient (Wildman–Crippen LogP) is 2.81. The van der Waals surface area contributed by atoms with Gasteiger partial charge in [-0.2, -0.15) is 11.8 Å². The summed E-state index contributed by atoms with van der Waals surface area (Å²) >= 11 is 1.84. The number of nitrogens with zero attached hydrogens (tertiary/aromatic N) is 2. The number of hydrogen-bond donors (Lipinski definition) is 1. The fourth-order valence-electron chi connectivity index (χ4n) is 3.20. The Hall–Kier alpha value is -1.89. The van der Waals surface area contributed by atoms with Gasteiger partial charge in [0.2, 0.25) is 5.91 Å². The lowest BCUT2D eigenvalue weighted by Gasteiger charge is -2.33. The number of rotatable bonds is 8. The quantitative estimate of drug-likeness (QED) is 0.708. The van der Waals surface area contributed by atoms with Crippen molar-refractivity contribution >= 4 is 17.7 Å². The first-order chi connectivity index (χ1) is 13.3. The molecule has 1 fully saturated rings. The van der Waals surface area contributed by atoms with Crippen molar-refractivity contribution in [1.82, 2.24) is 15.2 Å². The number of thioether (sulfide) groups is 1. The van der Waals surface area contributed by atoms with Gasteiger partial charge in [0.1, 0.15) is 6.04 Å². The van der Waals surface area contributed by atoms with Gasteiger partial charge in [-0.3, -0.25) is 14.7 Å². The lowest BCUT2D eigenvalue weighted by Crippen LogP contribution is -2.46. The van der Waals surface area contributed by atoms with Gasteiger partial charge in [-0.05, 0) is 29.7 Å². The van der Waals surface area contributed by atoms with Crippen LogP contribution in [0.5, 0.6) is 0 Å². The molecule has 1 saturated heterocycles. The SMILES string of the molecule is Cc1ccccc1CSCCNC(=O)C(c1cccnc1)N1CCOCC1. The molecule has 5 nitrogen and oxygen atoms in total. The zero-order valence-corrected chi connectivity index (χ0v) is 16.6. The minimum Gasteiger partial charge on any atom is -0.379 e. The van der Waals surface area contributed by atoms with E-state index in [1.165, 1.54) is 11.1 Å². The van der Waals surface area contributed by atoms with E-state index >= 15 is 0 Å². The maximum Gasteiger partial charge on any atom is 0.242 e. The second kappa shape index (κ2) is 10.4. The highest BCUT2D eigenvalue weighted by atomic mass is 32.2. The van der Waals surface area contributed by atoms with Gasteiger partial charge < -0.3 is 10.1 Å². The molecular weight excluding hydrogens is 358 g/mol. The van der Waals surface area contributed by atoms with E-state index < -0.39 is 0 Å². The standard InChI is InChI=1S/C21H27N3O2S/c1-17-5-2-3-6-19(17)16-27-14-9-23-21(25)20(18-7-4-8-22-15-18)24-10-12-26-13-11-24/h2-8,15,20H,9-14,16H2,1H3,(H,23,25). The molecule has 1 aliphatic heterocycles. The van der Waals surface area contributed by atoms with Crippen LogP contribution in [0.2, 0.25) is 0 Å². The number of carbonyl (C=O) groups is 1. The van der Waals surface area contributed by atoms with Crippen molar-refractivity contribution in [2.75, 3.05) is 38.6 Å². The highest BCUT2D eigenvalue weighted by Crippen LogP contribution is 2.21. The number of ether oxygens (including phenoxy) is 1. The number of nitrogens with one attached hydrogen (secondary N) is 1. The van der Waals surface area contributed by atoms with Crippen LogP contribution < -0.4 is 5.32 Å². The average molecular weight is 386 g/mol. The summed E-state index contributed by atoms with van der Waals surface area (Å²) in [5.41, 5.74) is 3.61. The normalized spacial score (nSPS) is 16.0. The Bertz CT molecular complexity index is 720. The van der Waals surface area contributed by atoms with E-state index in [0.29, 0.717) is 19.8 Å². The maximum atomic E-state index is 12.9. The summed E-state index contributed by atoms with van der Waals surface area (Å²) in [5.74, 6) is 1.91. The van der Waals surface area contributed by atoms with E-state index in [2.05, 4.69) is 46.4 Å². The number of hydrogen-bond acceptors (Lipinski definition) is 5. The molecular formula is C21H27N3O2S. The molecule has 6 heteroatoms. The third-order valence-corrected chi connectivity index (χ3v) is 5.73. The highest BCUT2D eigenvalue weighted by Gasteiger charge is 2.28. The summed E-state index contributed by atoms with van der Waals surface area (Å²) in [6.07, 6.45) is 3.52. The van der Waals surface area contributed by atoms with E-state index in [1.807, 2.05) is 23.9 Å². The van der Waals surface area contributed by atoms with E-state index in [1.54, 1.807) is 12.4 Å². The smallest absolute Gasteiger partial charge is 0.242 e. The number of aryl methyl sites for hydroxylation is 1. The molecule has 144 valence electrons. The molecule has 3 rings (SSSR count). The van der Waals surface area contributed by atoms with Crippen molar-refractivity contribution in [2.45, 2.75) is 18.7 Å². The van der Waals surface area contributed by atoms with Crippen molar-refractivity contribution in [3.63, 3.8) is 0 Å². The number of morpholine rings is 1. The third kappa shape index (κ3) is 5.79. The lowest BCUT2D eigenvalue weighted by molar-refractivity contribution is -0.128. The molecule has 2 aromatic rings. The van der Waals surface area contributed by atoms with Crippen LogP contribution in [0.4, 0.5) is 0 Å². The monoisotopic (exact) mass is 385 g/mol. The van der Waals surface area contributed by atoms with E-state index in [4.69, 9.17) is 4.74 Å². The summed E-state index contributed by atoms with van der Waals surface area (Å²) < 4.78 is 5.44. The maximum absolute atomic E-state index is 12.9. The van der Waals surface area contributed by atoms with Gasteiger partial charge in [0.05, 0.1) is 13.2 Å². The lowest BCUT2D eigenvalue weighted by atomic mass is 10.1. The van der Waals surface area contributed by atoms with E-state index in [9.17, 15) is 4.79 Å². The van der Waals surface area contributed by atoms with Crippen LogP contribution in [-0.2, 0) is 15.3 Å². The molecule has 0 spiro atoms. The van der Waals surface area contributed by atoms with Gasteiger partial charge in [0, 0.05) is 43.5 Å². The first kappa shape index (κ1) is 19.9. The molecule has 0 radical (unpaired) electrons. The Kier molecular flexibility index (Phi) is 7.68. The van der Waals surface area contributed by atoms with Gasteiger partial charge in [-0.15, -0.1) is 0 Å². The van der Waals surface area contributed by atoms with Crippen molar-refractivity contribution in [2.24, 2.45) is 0 Å². The molecule has 1 unspecified atom stereocenters. The number of carbonyl (C=O) groups excluding carboxylic acids is 1. The minimum absolute atomic E-state index is 0.0430. The van der Waals surface area contributed by atoms with Crippen molar-refractivity contribution in [3.8, 4) is 0 Å². The Morgan fingerprint density at radius 3 is 2.81 bits per heavy atom. The van der Waals surface area contributed by atoms with Gasteiger partial charge in [-0.25, -0.2) is 0 Å². The summed E-state index contributed by atoms with van der Waals surface area (Å²) in [6, 6.07) is 12.0. The highest BCUT2D eigenvalue weighted by molar-refractivity contribution is 7.98. The molecule has 27 heavy (non-hydrogen) atoms. The van der Waals surface area contributed by atoms with Crippen molar-refractivity contribution in [3.05, 3.63) is 65.5 Å². The third-order valence-electron chi connectivity index (χ3n) is 4.72. The number of amides is 1. The number of aromatic nitrogens is 1. The Morgan fingerprint density at radius 1 is 1.26 bits per heavy atom. The zero-order chi connectivity index (χ0) is 18.9. The van der Waals surface area contributed by atoms with Crippen molar-refractivity contribution in [1.29, 1.82) is 0 Å². The van der Waals surface area contributed by atoms with Crippen LogP contribution in [0.1, 0.15) is 22.7 Å². The van der Waals surface area contributed by atoms with Crippen LogP contribution in [-0.4, -0.2) is 54.4 Å². The average Bonchev–Trinajstić information content (AvgIpc) is 2.71. The van der Waals surface area contributed by atoms with Gasteiger partial charge in [-0.1, -0.05) is 30.3 Å². The molecule has 0 saturated carbocycles. The van der Waals surface area contributed by atoms with Gasteiger partial charge in [0.15, 0.2) is 0 Å².